The van der Waals surface area contributed by atoms with Gasteiger partial charge in [0.15, 0.2) is 0 Å². The summed E-state index contributed by atoms with van der Waals surface area (Å²) >= 11 is 0. The van der Waals surface area contributed by atoms with Crippen LogP contribution in [0.25, 0.3) is 0 Å². The molecule has 0 unspecified atom stereocenters. The quantitative estimate of drug-likeness (QED) is 0.717. The Kier molecular flexibility index (Phi) is 7.00. The molecule has 1 N–H and O–H groups in total. The van der Waals surface area contributed by atoms with E-state index in [-0.39, 0.29) is 31.3 Å². The van der Waals surface area contributed by atoms with E-state index in [1.165, 1.54) is 30.6 Å². The van der Waals surface area contributed by atoms with Crippen LogP contribution in [0.1, 0.15) is 30.1 Å². The van der Waals surface area contributed by atoms with Crippen LogP contribution in [0.3, 0.4) is 0 Å². The topological polar surface area (TPSA) is 88.9 Å². The summed E-state index contributed by atoms with van der Waals surface area (Å²) in [5, 5.41) is 2.62. The van der Waals surface area contributed by atoms with Crippen molar-refractivity contribution in [3.63, 3.8) is 0 Å². The van der Waals surface area contributed by atoms with Crippen molar-refractivity contribution in [2.45, 2.75) is 19.8 Å². The molecule has 0 aromatic carbocycles. The van der Waals surface area contributed by atoms with Crippen molar-refractivity contribution in [2.75, 3.05) is 26.7 Å². The number of ether oxygens (including phenoxy) is 1. The lowest BCUT2D eigenvalue weighted by atomic mass is 10.3. The fourth-order valence-corrected chi connectivity index (χ4v) is 1.72. The highest BCUT2D eigenvalue weighted by molar-refractivity contribution is 5.94. The zero-order valence-corrected chi connectivity index (χ0v) is 12.3. The van der Waals surface area contributed by atoms with Gasteiger partial charge in [-0.3, -0.25) is 14.4 Å². The molecule has 0 aliphatic carbocycles. The molecule has 0 bridgehead atoms. The van der Waals surface area contributed by atoms with Crippen LogP contribution in [0, 0.1) is 0 Å². The number of hydrogen-bond acceptors (Lipinski definition) is 5. The normalized spacial score (nSPS) is 10.0. The van der Waals surface area contributed by atoms with Crippen LogP contribution in [-0.4, -0.2) is 49.4 Å². The van der Waals surface area contributed by atoms with Crippen molar-refractivity contribution < 1.29 is 23.5 Å². The van der Waals surface area contributed by atoms with Crippen LogP contribution >= 0.6 is 0 Å². The van der Waals surface area contributed by atoms with E-state index in [4.69, 9.17) is 4.42 Å². The minimum Gasteiger partial charge on any atom is -0.472 e. The molecule has 7 heteroatoms. The summed E-state index contributed by atoms with van der Waals surface area (Å²) in [6.07, 6.45) is 3.60. The average molecular weight is 296 g/mol. The molecule has 0 aliphatic rings. The Morgan fingerprint density at radius 2 is 2.14 bits per heavy atom. The fraction of sp³-hybridized carbons (Fsp3) is 0.500. The molecule has 0 saturated heterocycles. The number of hydrogen-bond donors (Lipinski definition) is 1. The third-order valence-electron chi connectivity index (χ3n) is 2.80. The van der Waals surface area contributed by atoms with E-state index < -0.39 is 5.97 Å². The number of carbonyl (C=O) groups excluding carboxylic acids is 3. The molecule has 1 aromatic heterocycles. The molecule has 0 fully saturated rings. The highest BCUT2D eigenvalue weighted by atomic mass is 16.5. The van der Waals surface area contributed by atoms with Crippen molar-refractivity contribution in [2.24, 2.45) is 0 Å². The smallest absolute Gasteiger partial charge is 0.325 e. The number of carbonyl (C=O) groups is 3. The van der Waals surface area contributed by atoms with Gasteiger partial charge in [-0.1, -0.05) is 6.92 Å². The summed E-state index contributed by atoms with van der Waals surface area (Å²) in [4.78, 5) is 36.3. The van der Waals surface area contributed by atoms with Gasteiger partial charge < -0.3 is 19.4 Å². The summed E-state index contributed by atoms with van der Waals surface area (Å²) in [6.45, 7) is 2.52. The first-order valence-electron chi connectivity index (χ1n) is 6.73. The van der Waals surface area contributed by atoms with Gasteiger partial charge in [0, 0.05) is 19.5 Å². The standard InChI is InChI=1S/C14H20N2O5/c1-3-7-16(9-13(18)20-2)12(17)4-6-15-14(19)11-5-8-21-10-11/h5,8,10H,3-4,6-7,9H2,1-2H3,(H,15,19). The number of methoxy groups -OCH3 is 1. The molecule has 0 aliphatic heterocycles. The van der Waals surface area contributed by atoms with Crippen LogP contribution in [0.2, 0.25) is 0 Å². The summed E-state index contributed by atoms with van der Waals surface area (Å²) < 4.78 is 9.36. The first-order valence-corrected chi connectivity index (χ1v) is 6.73. The van der Waals surface area contributed by atoms with Crippen molar-refractivity contribution in [1.82, 2.24) is 10.2 Å². The molecule has 0 radical (unpaired) electrons. The largest absolute Gasteiger partial charge is 0.472 e. The second-order valence-corrected chi connectivity index (χ2v) is 4.41. The average Bonchev–Trinajstić information content (AvgIpc) is 3.00. The van der Waals surface area contributed by atoms with Gasteiger partial charge in [-0.15, -0.1) is 0 Å². The van der Waals surface area contributed by atoms with Gasteiger partial charge in [0.1, 0.15) is 12.8 Å². The SMILES string of the molecule is CCCN(CC(=O)OC)C(=O)CCNC(=O)c1ccoc1. The van der Waals surface area contributed by atoms with Gasteiger partial charge >= 0.3 is 5.97 Å². The highest BCUT2D eigenvalue weighted by Crippen LogP contribution is 2.00. The summed E-state index contributed by atoms with van der Waals surface area (Å²) in [5.41, 5.74) is 0.405. The van der Waals surface area contributed by atoms with E-state index in [9.17, 15) is 14.4 Å². The first-order chi connectivity index (χ1) is 10.1. The number of amides is 2. The molecule has 1 rings (SSSR count). The summed E-state index contributed by atoms with van der Waals surface area (Å²) in [7, 11) is 1.28. The third-order valence-corrected chi connectivity index (χ3v) is 2.80. The summed E-state index contributed by atoms with van der Waals surface area (Å²) in [5.74, 6) is -0.958. The molecule has 0 spiro atoms. The minimum absolute atomic E-state index is 0.0706. The lowest BCUT2D eigenvalue weighted by Crippen LogP contribution is -2.38. The molecule has 2 amide bonds. The number of nitrogens with zero attached hydrogens (tertiary/aromatic N) is 1. The molecule has 1 aromatic rings. The zero-order chi connectivity index (χ0) is 15.7. The second kappa shape index (κ2) is 8.78. The third kappa shape index (κ3) is 5.68. The Bertz CT molecular complexity index is 470. The van der Waals surface area contributed by atoms with Crippen molar-refractivity contribution >= 4 is 17.8 Å². The number of esters is 1. The Morgan fingerprint density at radius 3 is 2.71 bits per heavy atom. The van der Waals surface area contributed by atoms with Gasteiger partial charge in [0.05, 0.1) is 18.9 Å². The fourth-order valence-electron chi connectivity index (χ4n) is 1.72. The Morgan fingerprint density at radius 1 is 1.38 bits per heavy atom. The second-order valence-electron chi connectivity index (χ2n) is 4.41. The summed E-state index contributed by atoms with van der Waals surface area (Å²) in [6, 6.07) is 1.54. The first kappa shape index (κ1) is 16.7. The predicted octanol–water partition coefficient (Wildman–Crippen LogP) is 0.811. The molecule has 0 saturated carbocycles. The molecule has 0 atom stereocenters. The van der Waals surface area contributed by atoms with E-state index in [0.29, 0.717) is 12.1 Å². The van der Waals surface area contributed by atoms with Gasteiger partial charge in [0.25, 0.3) is 5.91 Å². The van der Waals surface area contributed by atoms with Crippen molar-refractivity contribution in [1.29, 1.82) is 0 Å². The monoisotopic (exact) mass is 296 g/mol. The van der Waals surface area contributed by atoms with E-state index in [2.05, 4.69) is 10.1 Å². The maximum atomic E-state index is 12.0. The van der Waals surface area contributed by atoms with Crippen LogP contribution in [0.15, 0.2) is 23.0 Å². The van der Waals surface area contributed by atoms with Crippen molar-refractivity contribution in [3.05, 3.63) is 24.2 Å². The van der Waals surface area contributed by atoms with E-state index >= 15 is 0 Å². The van der Waals surface area contributed by atoms with Gasteiger partial charge in [-0.2, -0.15) is 0 Å². The molecule has 21 heavy (non-hydrogen) atoms. The van der Waals surface area contributed by atoms with Gasteiger partial charge in [0.2, 0.25) is 5.91 Å². The van der Waals surface area contributed by atoms with Gasteiger partial charge in [-0.05, 0) is 12.5 Å². The van der Waals surface area contributed by atoms with Crippen LogP contribution < -0.4 is 5.32 Å². The lowest BCUT2D eigenvalue weighted by molar-refractivity contribution is -0.147. The van der Waals surface area contributed by atoms with Crippen molar-refractivity contribution in [3.8, 4) is 0 Å². The minimum atomic E-state index is -0.459. The molecule has 7 nitrogen and oxygen atoms in total. The molecular formula is C14H20N2O5. The zero-order valence-electron chi connectivity index (χ0n) is 12.3. The number of nitrogens with one attached hydrogen (secondary N) is 1. The Labute approximate surface area is 123 Å². The van der Waals surface area contributed by atoms with E-state index in [1.807, 2.05) is 6.92 Å². The van der Waals surface area contributed by atoms with Gasteiger partial charge in [-0.25, -0.2) is 0 Å². The van der Waals surface area contributed by atoms with E-state index in [1.54, 1.807) is 0 Å². The maximum absolute atomic E-state index is 12.0. The van der Waals surface area contributed by atoms with Crippen LogP contribution in [0.4, 0.5) is 0 Å². The molecule has 1 heterocycles. The van der Waals surface area contributed by atoms with Crippen LogP contribution in [-0.2, 0) is 14.3 Å². The Hall–Kier alpha value is -2.31. The number of furan rings is 1. The Balaban J connectivity index is 2.39. The highest BCUT2D eigenvalue weighted by Gasteiger charge is 2.17. The lowest BCUT2D eigenvalue weighted by Gasteiger charge is -2.20. The number of rotatable bonds is 8. The predicted molar refractivity (Wildman–Crippen MR) is 74.5 cm³/mol. The molecule has 116 valence electrons. The maximum Gasteiger partial charge on any atom is 0.325 e. The van der Waals surface area contributed by atoms with E-state index in [0.717, 1.165) is 6.42 Å². The van der Waals surface area contributed by atoms with Crippen LogP contribution in [0.5, 0.6) is 0 Å². The molecular weight excluding hydrogens is 276 g/mol.